The summed E-state index contributed by atoms with van der Waals surface area (Å²) >= 11 is 0. The molecule has 3 radical (unpaired) electrons. The minimum atomic E-state index is -0.831. The average molecular weight is 1740 g/mol. The van der Waals surface area contributed by atoms with Gasteiger partial charge in [0.2, 0.25) is 17.7 Å². The first kappa shape index (κ1) is 92.9. The summed E-state index contributed by atoms with van der Waals surface area (Å²) in [5, 5.41) is 8.44. The molecule has 15 rings (SSSR count). The molecule has 0 unspecified atom stereocenters. The van der Waals surface area contributed by atoms with Gasteiger partial charge in [0.15, 0.2) is 17.0 Å². The zero-order chi connectivity index (χ0) is 81.9. The summed E-state index contributed by atoms with van der Waals surface area (Å²) in [5.74, 6) is -1.83. The van der Waals surface area contributed by atoms with Gasteiger partial charge in [-0.05, 0) is 122 Å². The summed E-state index contributed by atoms with van der Waals surface area (Å²) in [6.07, 6.45) is 33.7. The first-order valence-corrected chi connectivity index (χ1v) is 42.4. The minimum Gasteiger partial charge on any atom is -0.540 e. The molecule has 28 nitrogen and oxygen atoms in total. The number of carbonyl (C=O) groups excluding carboxylic acids is 9. The van der Waals surface area contributed by atoms with Gasteiger partial charge in [-0.25, -0.2) is 42.7 Å². The molecule has 12 heterocycles. The van der Waals surface area contributed by atoms with Crippen LogP contribution in [0.15, 0.2) is 60.2 Å². The van der Waals surface area contributed by atoms with Crippen LogP contribution in [0.3, 0.4) is 0 Å². The summed E-state index contributed by atoms with van der Waals surface area (Å²) in [6.45, 7) is 24.5. The Labute approximate surface area is 727 Å². The number of hydrogen-bond acceptors (Lipinski definition) is 21. The molecule has 0 N–H and O–H groups in total. The third-order valence-electron chi connectivity index (χ3n) is 25.7. The first-order valence-electron chi connectivity index (χ1n) is 42.4. The number of ether oxygens (including phenoxy) is 6. The summed E-state index contributed by atoms with van der Waals surface area (Å²) < 4.78 is 43.3. The van der Waals surface area contributed by atoms with E-state index in [9.17, 15) is 47.9 Å². The zero-order valence-corrected chi connectivity index (χ0v) is 74.6. The second kappa shape index (κ2) is 39.7. The fourth-order valence-electron chi connectivity index (χ4n) is 18.3. The molecule has 31 heteroatoms. The van der Waals surface area contributed by atoms with Crippen LogP contribution in [-0.2, 0) is 132 Å². The van der Waals surface area contributed by atoms with Crippen molar-refractivity contribution in [1.82, 2.24) is 57.8 Å². The topological polar surface area (TPSA) is 318 Å². The number of amides is 3. The minimum absolute atomic E-state index is 0. The van der Waals surface area contributed by atoms with Crippen molar-refractivity contribution in [2.45, 2.75) is 292 Å². The van der Waals surface area contributed by atoms with Gasteiger partial charge in [0.25, 0.3) is 0 Å². The Morgan fingerprint density at radius 2 is 0.890 bits per heavy atom. The average Bonchev–Trinajstić information content (AvgIpc) is 1.63. The van der Waals surface area contributed by atoms with Gasteiger partial charge in [0.05, 0.1) is 80.9 Å². The first-order chi connectivity index (χ1) is 55.0. The van der Waals surface area contributed by atoms with E-state index in [-0.39, 0.29) is 184 Å². The number of aryl methyl sites for hydroxylation is 2. The maximum atomic E-state index is 14.0. The van der Waals surface area contributed by atoms with Crippen molar-refractivity contribution in [3.05, 3.63) is 77.1 Å². The van der Waals surface area contributed by atoms with Crippen LogP contribution in [0.25, 0.3) is 16.9 Å². The fourth-order valence-corrected chi connectivity index (χ4v) is 18.3. The molecule has 118 heavy (non-hydrogen) atoms. The summed E-state index contributed by atoms with van der Waals surface area (Å²) in [7, 11) is 0. The van der Waals surface area contributed by atoms with Gasteiger partial charge in [-0.1, -0.05) is 159 Å². The van der Waals surface area contributed by atoms with Gasteiger partial charge >= 0.3 is 29.6 Å². The molecule has 3 saturated carbocycles. The van der Waals surface area contributed by atoms with E-state index in [1.54, 1.807) is 32.8 Å². The van der Waals surface area contributed by atoms with E-state index in [1.165, 1.54) is 20.2 Å². The van der Waals surface area contributed by atoms with E-state index in [2.05, 4.69) is 45.2 Å². The van der Waals surface area contributed by atoms with E-state index in [0.717, 1.165) is 137 Å². The second-order valence-electron chi connectivity index (χ2n) is 36.8. The third-order valence-corrected chi connectivity index (χ3v) is 25.7. The molecule has 0 aromatic carbocycles. The maximum Gasteiger partial charge on any atom is 0.354 e. The summed E-state index contributed by atoms with van der Waals surface area (Å²) in [6, 6.07) is 3.35. The number of carbonyl (C=O) groups is 6. The number of nitrogens with zero attached hydrogens (tertiary/aromatic N) is 12. The molecule has 3 saturated heterocycles. The largest absolute Gasteiger partial charge is 0.540 e. The molecule has 18 atom stereocenters. The van der Waals surface area contributed by atoms with Crippen LogP contribution in [0.2, 0.25) is 0 Å². The molecule has 6 aliphatic heterocycles. The molecule has 6 fully saturated rings. The number of aromatic nitrogens is 9. The van der Waals surface area contributed by atoms with Crippen molar-refractivity contribution < 1.29 is 127 Å². The molecule has 6 aromatic rings. The van der Waals surface area contributed by atoms with Gasteiger partial charge in [0.1, 0.15) is 48.0 Å². The van der Waals surface area contributed by atoms with Crippen LogP contribution in [0, 0.1) is 69.5 Å². The van der Waals surface area contributed by atoms with Crippen LogP contribution >= 0.6 is 0 Å². The third kappa shape index (κ3) is 21.4. The number of esters is 3. The van der Waals surface area contributed by atoms with Crippen molar-refractivity contribution in [2.75, 3.05) is 19.6 Å². The number of hydrogen-bond donors (Lipinski definition) is 0. The Balaban J connectivity index is 0.000000184. The van der Waals surface area contributed by atoms with Gasteiger partial charge in [-0.2, -0.15) is 19.7 Å². The predicted octanol–water partition coefficient (Wildman–Crippen LogP) is 11.0. The second-order valence-corrected chi connectivity index (χ2v) is 36.8. The molecular formula is C87H117N12O16V3-3. The van der Waals surface area contributed by atoms with Crippen molar-refractivity contribution in [2.24, 2.45) is 69.5 Å². The Morgan fingerprint density at radius 1 is 0.458 bits per heavy atom. The van der Waals surface area contributed by atoms with Crippen molar-refractivity contribution in [1.29, 1.82) is 0 Å². The summed E-state index contributed by atoms with van der Waals surface area (Å²) in [4.78, 5) is 149. The van der Waals surface area contributed by atoms with E-state index in [1.807, 2.05) is 112 Å². The fraction of sp³-hybridized carbons (Fsp3) is 0.690. The number of rotatable bonds is 6. The Hall–Kier alpha value is -7.36. The van der Waals surface area contributed by atoms with E-state index < -0.39 is 64.3 Å². The Morgan fingerprint density at radius 3 is 1.35 bits per heavy atom. The van der Waals surface area contributed by atoms with E-state index in [0.29, 0.717) is 55.0 Å². The van der Waals surface area contributed by atoms with Crippen LogP contribution in [-0.4, -0.2) is 187 Å². The molecule has 6 aromatic heterocycles. The number of imidazole rings is 1. The molecular weight excluding hydrogens is 1620 g/mol. The normalized spacial score (nSPS) is 30.1. The van der Waals surface area contributed by atoms with E-state index in [4.69, 9.17) is 33.4 Å². The van der Waals surface area contributed by atoms with Crippen molar-refractivity contribution in [3.63, 3.8) is 0 Å². The molecule has 6 bridgehead atoms. The molecule has 0 spiro atoms. The predicted molar refractivity (Wildman–Crippen MR) is 423 cm³/mol. The molecule has 9 aliphatic rings. The molecule has 3 amide bonds. The van der Waals surface area contributed by atoms with Crippen LogP contribution in [0.1, 0.15) is 229 Å². The maximum absolute atomic E-state index is 14.0. The zero-order valence-electron chi connectivity index (χ0n) is 70.4. The Kier molecular flexibility index (Phi) is 31.2. The van der Waals surface area contributed by atoms with E-state index >= 15 is 0 Å². The van der Waals surface area contributed by atoms with Gasteiger partial charge < -0.3 is 61.9 Å². The molecule has 639 valence electrons. The van der Waals surface area contributed by atoms with Gasteiger partial charge in [0, 0.05) is 105 Å². The van der Waals surface area contributed by atoms with Gasteiger partial charge in [-0.3, -0.25) is 28.8 Å². The SMILES string of the molecule is CC[C@@H]1[C@@H]2CN(C(=O)[C@H](C(C)(C)C)CC(=O)O[C@@H]3C[C@H]3CCCCCc3cn4ccnc4cc3O2)[C@@H]1[C-]=O.CC[C@@H]1[C@@H]2CN(C(=O)[C@H](C(C)(C)C)CC(=O)O[C@@H]3C[C@H]3CCCCCc3nc4ccnn4cc3O2)[C@@H]1[C-]=O.CC[C@@H]1[C@@H]2CN(C(=O)[C@H](C(C)(C)C)CC(=O)O[C@@H]3C[C@H]3CCCCCn3c(nc4ccnn4c3=O)O2)[C@@H]1[C-]=O.[V].[V].[V]. The smallest absolute Gasteiger partial charge is 0.354 e. The monoisotopic (exact) mass is 1740 g/mol. The Bertz CT molecular complexity index is 4400. The van der Waals surface area contributed by atoms with Crippen LogP contribution in [0.5, 0.6) is 17.5 Å². The van der Waals surface area contributed by atoms with Crippen molar-refractivity contribution >= 4 is 71.4 Å². The van der Waals surface area contributed by atoms with Gasteiger partial charge in [-0.15, -0.1) is 0 Å². The van der Waals surface area contributed by atoms with Crippen molar-refractivity contribution in [3.8, 4) is 17.5 Å². The quantitative estimate of drug-likeness (QED) is 0.0849. The van der Waals surface area contributed by atoms with Crippen LogP contribution in [0.4, 0.5) is 0 Å². The number of fused-ring (bicyclic) bond motifs is 15. The standard InChI is InChI=1S/C30H40N3O5.C29H39N4O5.C28H38N5O6.3V/c1-5-21-23(18-34)33-17-26(21)37-25-15-27-31-11-12-32(27)16-20(25)10-8-6-7-9-19-13-24(19)38-28(35)14-22(29(33)36)30(2,3)4;1-5-19-22(17-34)32-15-24(19)37-25-16-33-26(11-12-30-33)31-21(25)10-8-6-7-9-18-13-23(18)38-27(35)14-20(28(32)36)29(2,3)4;1-5-18-20(16-34)32-15-22(18)39-26-30-23-10-11-29-33(23)27(37)31(26)12-8-6-7-9-17-13-21(17)38-24(35)14-19(25(32)36)28(2,3)4;;;/h11-12,15-16,19,21-24,26H,5-10,13-14,17H2,1-4H3;11-12,16,18-20,22-24H,5-10,13-15H2,1-4H3;10-11,17-22H,5-9,12-15H2,1-4H3;;;/q3*-1;;;/t19-,21+,22-,23-,24-,26+;18-,19+,20-,22-,23-,24+;17-,18+,19-,20-,21-,22+;;;/m111.../s1. The number of pyridine rings is 1. The summed E-state index contributed by atoms with van der Waals surface area (Å²) in [5.41, 5.74) is 2.07. The molecule has 3 aliphatic carbocycles. The van der Waals surface area contributed by atoms with Crippen LogP contribution < -0.4 is 19.9 Å².